The molecule has 1 heterocycles. The molecule has 1 atom stereocenters. The lowest BCUT2D eigenvalue weighted by Gasteiger charge is -2.07. The van der Waals surface area contributed by atoms with Crippen LogP contribution in [0.25, 0.3) is 10.9 Å². The highest BCUT2D eigenvalue weighted by Crippen LogP contribution is 2.22. The van der Waals surface area contributed by atoms with Crippen LogP contribution in [0.15, 0.2) is 30.5 Å². The van der Waals surface area contributed by atoms with E-state index in [-0.39, 0.29) is 0 Å². The molecule has 14 heavy (non-hydrogen) atoms. The van der Waals surface area contributed by atoms with Crippen LogP contribution in [-0.4, -0.2) is 11.3 Å². The fourth-order valence-electron chi connectivity index (χ4n) is 1.66. The molecule has 2 aromatic rings. The summed E-state index contributed by atoms with van der Waals surface area (Å²) in [6.45, 7) is 2.07. The van der Waals surface area contributed by atoms with E-state index in [2.05, 4.69) is 30.1 Å². The standard InChI is InChI=1S/C12H13NO/c1-9(5-7-14)10-2-3-12-11(8-10)4-6-13-12/h2-4,6-9,13H,5H2,1H3. The molecular formula is C12H13NO. The molecule has 2 rings (SSSR count). The first-order valence-corrected chi connectivity index (χ1v) is 4.82. The average molecular weight is 187 g/mol. The molecule has 0 amide bonds. The quantitative estimate of drug-likeness (QED) is 0.736. The number of aldehydes is 1. The van der Waals surface area contributed by atoms with E-state index in [0.717, 1.165) is 11.8 Å². The Morgan fingerprint density at radius 3 is 3.07 bits per heavy atom. The summed E-state index contributed by atoms with van der Waals surface area (Å²) in [7, 11) is 0. The van der Waals surface area contributed by atoms with E-state index >= 15 is 0 Å². The zero-order valence-corrected chi connectivity index (χ0v) is 8.16. The Bertz CT molecular complexity index is 444. The van der Waals surface area contributed by atoms with Gasteiger partial charge in [-0.1, -0.05) is 13.0 Å². The smallest absolute Gasteiger partial charge is 0.120 e. The molecule has 0 aliphatic rings. The molecule has 2 nitrogen and oxygen atoms in total. The van der Waals surface area contributed by atoms with E-state index in [1.54, 1.807) is 0 Å². The third-order valence-corrected chi connectivity index (χ3v) is 2.60. The zero-order valence-electron chi connectivity index (χ0n) is 8.16. The van der Waals surface area contributed by atoms with Gasteiger partial charge >= 0.3 is 0 Å². The molecule has 1 unspecified atom stereocenters. The average Bonchev–Trinajstić information content (AvgIpc) is 2.64. The Balaban J connectivity index is 2.38. The van der Waals surface area contributed by atoms with Crippen molar-refractivity contribution in [3.63, 3.8) is 0 Å². The minimum atomic E-state index is 0.312. The fourth-order valence-corrected chi connectivity index (χ4v) is 1.66. The third kappa shape index (κ3) is 1.55. The summed E-state index contributed by atoms with van der Waals surface area (Å²) >= 11 is 0. The first kappa shape index (κ1) is 9.00. The van der Waals surface area contributed by atoms with Crippen molar-refractivity contribution < 1.29 is 4.79 Å². The van der Waals surface area contributed by atoms with Crippen LogP contribution < -0.4 is 0 Å². The topological polar surface area (TPSA) is 32.9 Å². The minimum absolute atomic E-state index is 0.312. The lowest BCUT2D eigenvalue weighted by Crippen LogP contribution is -1.93. The van der Waals surface area contributed by atoms with Gasteiger partial charge in [0.2, 0.25) is 0 Å². The Kier molecular flexibility index (Phi) is 2.35. The largest absolute Gasteiger partial charge is 0.361 e. The van der Waals surface area contributed by atoms with Crippen molar-refractivity contribution in [1.29, 1.82) is 0 Å². The van der Waals surface area contributed by atoms with E-state index in [0.29, 0.717) is 12.3 Å². The van der Waals surface area contributed by atoms with Gasteiger partial charge in [0.1, 0.15) is 6.29 Å². The third-order valence-electron chi connectivity index (χ3n) is 2.60. The molecular weight excluding hydrogens is 174 g/mol. The zero-order chi connectivity index (χ0) is 9.97. The summed E-state index contributed by atoms with van der Waals surface area (Å²) in [6, 6.07) is 8.32. The van der Waals surface area contributed by atoms with Gasteiger partial charge in [-0.2, -0.15) is 0 Å². The summed E-state index contributed by atoms with van der Waals surface area (Å²) < 4.78 is 0. The van der Waals surface area contributed by atoms with Crippen LogP contribution in [0.5, 0.6) is 0 Å². The molecule has 0 saturated carbocycles. The number of benzene rings is 1. The lowest BCUT2D eigenvalue weighted by atomic mass is 9.97. The molecule has 0 aliphatic carbocycles. The summed E-state index contributed by atoms with van der Waals surface area (Å²) in [4.78, 5) is 13.5. The summed E-state index contributed by atoms with van der Waals surface area (Å²) in [5.41, 5.74) is 2.37. The van der Waals surface area contributed by atoms with E-state index < -0.39 is 0 Å². The maximum absolute atomic E-state index is 10.4. The predicted molar refractivity (Wildman–Crippen MR) is 57.4 cm³/mol. The minimum Gasteiger partial charge on any atom is -0.361 e. The number of H-pyrrole nitrogens is 1. The molecule has 72 valence electrons. The van der Waals surface area contributed by atoms with E-state index in [4.69, 9.17) is 0 Å². The number of aromatic nitrogens is 1. The monoisotopic (exact) mass is 187 g/mol. The highest BCUT2D eigenvalue weighted by Gasteiger charge is 2.05. The number of carbonyl (C=O) groups excluding carboxylic acids is 1. The van der Waals surface area contributed by atoms with Gasteiger partial charge in [-0.15, -0.1) is 0 Å². The SMILES string of the molecule is CC(CC=O)c1ccc2[nH]ccc2c1. The van der Waals surface area contributed by atoms with Crippen molar-refractivity contribution in [1.82, 2.24) is 4.98 Å². The van der Waals surface area contributed by atoms with Crippen LogP contribution in [0, 0.1) is 0 Å². The van der Waals surface area contributed by atoms with Crippen molar-refractivity contribution in [3.05, 3.63) is 36.0 Å². The second kappa shape index (κ2) is 3.66. The number of rotatable bonds is 3. The van der Waals surface area contributed by atoms with E-state index in [9.17, 15) is 4.79 Å². The van der Waals surface area contributed by atoms with Crippen LogP contribution in [0.4, 0.5) is 0 Å². The maximum Gasteiger partial charge on any atom is 0.120 e. The highest BCUT2D eigenvalue weighted by molar-refractivity contribution is 5.80. The van der Waals surface area contributed by atoms with Crippen molar-refractivity contribution >= 4 is 17.2 Å². The first-order chi connectivity index (χ1) is 6.81. The van der Waals surface area contributed by atoms with Gasteiger partial charge in [-0.3, -0.25) is 0 Å². The Hall–Kier alpha value is -1.57. The van der Waals surface area contributed by atoms with Gasteiger partial charge in [-0.25, -0.2) is 0 Å². The molecule has 0 saturated heterocycles. The van der Waals surface area contributed by atoms with Gasteiger partial charge in [-0.05, 0) is 35.1 Å². The molecule has 0 aliphatic heterocycles. The first-order valence-electron chi connectivity index (χ1n) is 4.82. The highest BCUT2D eigenvalue weighted by atomic mass is 16.1. The van der Waals surface area contributed by atoms with Gasteiger partial charge in [0.25, 0.3) is 0 Å². The van der Waals surface area contributed by atoms with Crippen LogP contribution in [0.1, 0.15) is 24.8 Å². The van der Waals surface area contributed by atoms with Crippen LogP contribution in [0.2, 0.25) is 0 Å². The van der Waals surface area contributed by atoms with Crippen LogP contribution in [-0.2, 0) is 4.79 Å². The van der Waals surface area contributed by atoms with Gasteiger partial charge in [0, 0.05) is 18.1 Å². The number of hydrogen-bond acceptors (Lipinski definition) is 1. The molecule has 0 bridgehead atoms. The molecule has 0 radical (unpaired) electrons. The van der Waals surface area contributed by atoms with Crippen LogP contribution >= 0.6 is 0 Å². The van der Waals surface area contributed by atoms with Gasteiger partial charge in [0.15, 0.2) is 0 Å². The number of aromatic amines is 1. The Morgan fingerprint density at radius 2 is 2.29 bits per heavy atom. The Labute approximate surface area is 82.9 Å². The van der Waals surface area contributed by atoms with Crippen molar-refractivity contribution in [2.75, 3.05) is 0 Å². The second-order valence-electron chi connectivity index (χ2n) is 3.63. The molecule has 1 N–H and O–H groups in total. The lowest BCUT2D eigenvalue weighted by molar-refractivity contribution is -0.108. The molecule has 2 heteroatoms. The normalized spacial score (nSPS) is 12.9. The van der Waals surface area contributed by atoms with Crippen molar-refractivity contribution in [2.45, 2.75) is 19.3 Å². The summed E-state index contributed by atoms with van der Waals surface area (Å²) in [5.74, 6) is 0.312. The molecule has 0 spiro atoms. The van der Waals surface area contributed by atoms with Crippen LogP contribution in [0.3, 0.4) is 0 Å². The predicted octanol–water partition coefficient (Wildman–Crippen LogP) is 2.86. The molecule has 1 aromatic carbocycles. The number of nitrogens with one attached hydrogen (secondary N) is 1. The fraction of sp³-hybridized carbons (Fsp3) is 0.250. The summed E-state index contributed by atoms with van der Waals surface area (Å²) in [5, 5.41) is 1.21. The van der Waals surface area contributed by atoms with Crippen molar-refractivity contribution in [3.8, 4) is 0 Å². The molecule has 1 aromatic heterocycles. The number of hydrogen-bond donors (Lipinski definition) is 1. The van der Waals surface area contributed by atoms with E-state index in [1.807, 2.05) is 12.3 Å². The van der Waals surface area contributed by atoms with Crippen molar-refractivity contribution in [2.24, 2.45) is 0 Å². The number of fused-ring (bicyclic) bond motifs is 1. The molecule has 0 fully saturated rings. The summed E-state index contributed by atoms with van der Waals surface area (Å²) in [6.07, 6.45) is 3.50. The van der Waals surface area contributed by atoms with Gasteiger partial charge < -0.3 is 9.78 Å². The maximum atomic E-state index is 10.4. The van der Waals surface area contributed by atoms with Gasteiger partial charge in [0.05, 0.1) is 0 Å². The van der Waals surface area contributed by atoms with E-state index in [1.165, 1.54) is 10.9 Å². The Morgan fingerprint density at radius 1 is 1.43 bits per heavy atom. The second-order valence-corrected chi connectivity index (χ2v) is 3.63. The number of carbonyl (C=O) groups is 1.